The Morgan fingerprint density at radius 1 is 1.36 bits per heavy atom. The Labute approximate surface area is 137 Å². The fourth-order valence-electron chi connectivity index (χ4n) is 2.31. The summed E-state index contributed by atoms with van der Waals surface area (Å²) < 4.78 is 1.68. The Bertz CT molecular complexity index is 758. The molecule has 0 N–H and O–H groups in total. The molecule has 0 fully saturated rings. The molecule has 22 heavy (non-hydrogen) atoms. The summed E-state index contributed by atoms with van der Waals surface area (Å²) in [7, 11) is 1.69. The fourth-order valence-corrected chi connectivity index (χ4v) is 2.57. The lowest BCUT2D eigenvalue weighted by Crippen LogP contribution is -2.23. The van der Waals surface area contributed by atoms with Crippen molar-refractivity contribution in [2.75, 3.05) is 7.05 Å². The van der Waals surface area contributed by atoms with Gasteiger partial charge in [0.25, 0.3) is 5.56 Å². The normalized spacial score (nSPS) is 11.6. The Kier molecular flexibility index (Phi) is 7.06. The van der Waals surface area contributed by atoms with Crippen molar-refractivity contribution >= 4 is 34.3 Å². The highest BCUT2D eigenvalue weighted by molar-refractivity contribution is 6.35. The van der Waals surface area contributed by atoms with Gasteiger partial charge in [0.2, 0.25) is 0 Å². The van der Waals surface area contributed by atoms with E-state index in [9.17, 15) is 4.79 Å². The van der Waals surface area contributed by atoms with Crippen LogP contribution < -0.4 is 5.56 Å². The average molecular weight is 319 g/mol. The van der Waals surface area contributed by atoms with E-state index in [-0.39, 0.29) is 5.56 Å². The molecule has 0 aliphatic carbocycles. The summed E-state index contributed by atoms with van der Waals surface area (Å²) in [6, 6.07) is 7.52. The van der Waals surface area contributed by atoms with Crippen LogP contribution in [0.5, 0.6) is 0 Å². The molecule has 0 bridgehead atoms. The minimum absolute atomic E-state index is 0.0991. The molecule has 4 heteroatoms. The van der Waals surface area contributed by atoms with Gasteiger partial charge < -0.3 is 0 Å². The van der Waals surface area contributed by atoms with Crippen LogP contribution in [0.3, 0.4) is 0 Å². The molecule has 0 atom stereocenters. The first kappa shape index (κ1) is 18.2. The van der Waals surface area contributed by atoms with Crippen molar-refractivity contribution < 1.29 is 0 Å². The molecule has 2 aromatic rings. The Morgan fingerprint density at radius 2 is 2.05 bits per heavy atom. The first-order valence-electron chi connectivity index (χ1n) is 7.56. The third-order valence-corrected chi connectivity index (χ3v) is 3.56. The zero-order chi connectivity index (χ0) is 16.7. The van der Waals surface area contributed by atoms with Crippen molar-refractivity contribution in [1.82, 2.24) is 4.57 Å². The summed E-state index contributed by atoms with van der Waals surface area (Å²) in [5.74, 6) is 0. The van der Waals surface area contributed by atoms with Gasteiger partial charge in [-0.25, -0.2) is 0 Å². The van der Waals surface area contributed by atoms with E-state index in [1.807, 2.05) is 52.0 Å². The molecule has 0 aliphatic heterocycles. The smallest absolute Gasteiger partial charge is 0.264 e. The lowest BCUT2D eigenvalue weighted by molar-refractivity contribution is 0.917. The number of hydrogen-bond acceptors (Lipinski definition) is 2. The molecule has 1 aromatic carbocycles. The molecular weight excluding hydrogens is 296 g/mol. The SMILES string of the molecule is C/C=C(\C=NC)n1c(CC)cc2cccc(Cl)c2c1=O.CC. The molecule has 0 saturated carbocycles. The van der Waals surface area contributed by atoms with E-state index in [4.69, 9.17) is 11.6 Å². The number of aromatic nitrogens is 1. The summed E-state index contributed by atoms with van der Waals surface area (Å²) in [6.07, 6.45) is 4.31. The monoisotopic (exact) mass is 318 g/mol. The summed E-state index contributed by atoms with van der Waals surface area (Å²) in [5.41, 5.74) is 1.60. The zero-order valence-electron chi connectivity index (χ0n) is 13.9. The number of allylic oxidation sites excluding steroid dienone is 2. The van der Waals surface area contributed by atoms with Crippen LogP contribution in [-0.2, 0) is 6.42 Å². The number of fused-ring (bicyclic) bond motifs is 1. The fraction of sp³-hybridized carbons (Fsp3) is 0.333. The predicted molar refractivity (Wildman–Crippen MR) is 98.3 cm³/mol. The summed E-state index contributed by atoms with van der Waals surface area (Å²) >= 11 is 6.19. The van der Waals surface area contributed by atoms with E-state index in [2.05, 4.69) is 4.99 Å². The number of pyridine rings is 1. The van der Waals surface area contributed by atoms with Crippen LogP contribution in [0.25, 0.3) is 16.5 Å². The van der Waals surface area contributed by atoms with Gasteiger partial charge in [-0.2, -0.15) is 0 Å². The van der Waals surface area contributed by atoms with Crippen LogP contribution in [0.15, 0.2) is 40.1 Å². The van der Waals surface area contributed by atoms with Crippen molar-refractivity contribution in [2.24, 2.45) is 4.99 Å². The molecule has 0 amide bonds. The second kappa shape index (κ2) is 8.54. The maximum absolute atomic E-state index is 12.8. The molecule has 1 heterocycles. The molecule has 0 radical (unpaired) electrons. The van der Waals surface area contributed by atoms with Gasteiger partial charge in [0, 0.05) is 19.0 Å². The summed E-state index contributed by atoms with van der Waals surface area (Å²) in [4.78, 5) is 16.8. The highest BCUT2D eigenvalue weighted by atomic mass is 35.5. The standard InChI is InChI=1S/C16H17ClN2O.C2H6/c1-4-12-9-11-7-6-8-14(17)15(11)16(20)19(12)13(5-2)10-18-3;1-2/h5-10H,4H2,1-3H3;1-2H3/b13-5+,18-10?;. The van der Waals surface area contributed by atoms with Gasteiger partial charge in [-0.15, -0.1) is 0 Å². The molecule has 3 nitrogen and oxygen atoms in total. The van der Waals surface area contributed by atoms with Crippen LogP contribution in [-0.4, -0.2) is 17.8 Å². The Balaban J connectivity index is 0.00000116. The van der Waals surface area contributed by atoms with E-state index in [0.29, 0.717) is 10.4 Å². The van der Waals surface area contributed by atoms with Gasteiger partial charge in [-0.1, -0.05) is 50.6 Å². The number of hydrogen-bond donors (Lipinski definition) is 0. The quantitative estimate of drug-likeness (QED) is 0.748. The molecular formula is C18H23ClN2O. The van der Waals surface area contributed by atoms with Crippen LogP contribution in [0, 0.1) is 0 Å². The van der Waals surface area contributed by atoms with Crippen LogP contribution >= 0.6 is 11.6 Å². The molecule has 0 spiro atoms. The third-order valence-electron chi connectivity index (χ3n) is 3.25. The number of rotatable bonds is 3. The topological polar surface area (TPSA) is 34.4 Å². The van der Waals surface area contributed by atoms with Crippen molar-refractivity contribution in [2.45, 2.75) is 34.1 Å². The molecule has 0 aliphatic rings. The number of benzene rings is 1. The van der Waals surface area contributed by atoms with E-state index in [1.165, 1.54) is 0 Å². The lowest BCUT2D eigenvalue weighted by Gasteiger charge is -2.14. The molecule has 0 saturated heterocycles. The Morgan fingerprint density at radius 3 is 2.59 bits per heavy atom. The van der Waals surface area contributed by atoms with E-state index in [0.717, 1.165) is 23.2 Å². The van der Waals surface area contributed by atoms with Crippen molar-refractivity contribution in [1.29, 1.82) is 0 Å². The minimum Gasteiger partial charge on any atom is -0.294 e. The molecule has 118 valence electrons. The summed E-state index contributed by atoms with van der Waals surface area (Å²) in [5, 5.41) is 1.91. The highest BCUT2D eigenvalue weighted by Gasteiger charge is 2.12. The van der Waals surface area contributed by atoms with E-state index < -0.39 is 0 Å². The van der Waals surface area contributed by atoms with Crippen LogP contribution in [0.2, 0.25) is 5.02 Å². The van der Waals surface area contributed by atoms with Crippen LogP contribution in [0.1, 0.15) is 33.4 Å². The highest BCUT2D eigenvalue weighted by Crippen LogP contribution is 2.22. The van der Waals surface area contributed by atoms with Gasteiger partial charge in [-0.3, -0.25) is 14.4 Å². The van der Waals surface area contributed by atoms with Crippen molar-refractivity contribution in [3.63, 3.8) is 0 Å². The van der Waals surface area contributed by atoms with Crippen molar-refractivity contribution in [3.8, 4) is 0 Å². The minimum atomic E-state index is -0.0991. The predicted octanol–water partition coefficient (Wildman–Crippen LogP) is 4.80. The zero-order valence-corrected chi connectivity index (χ0v) is 14.6. The largest absolute Gasteiger partial charge is 0.294 e. The lowest BCUT2D eigenvalue weighted by atomic mass is 10.1. The molecule has 1 aromatic heterocycles. The van der Waals surface area contributed by atoms with Gasteiger partial charge in [0.1, 0.15) is 0 Å². The van der Waals surface area contributed by atoms with Gasteiger partial charge in [0.05, 0.1) is 16.1 Å². The van der Waals surface area contributed by atoms with Gasteiger partial charge in [-0.05, 0) is 30.9 Å². The molecule has 0 unspecified atom stereocenters. The number of aryl methyl sites for hydroxylation is 1. The van der Waals surface area contributed by atoms with Gasteiger partial charge in [0.15, 0.2) is 0 Å². The summed E-state index contributed by atoms with van der Waals surface area (Å²) in [6.45, 7) is 7.91. The Hall–Kier alpha value is -1.87. The average Bonchev–Trinajstić information content (AvgIpc) is 2.54. The van der Waals surface area contributed by atoms with Crippen molar-refractivity contribution in [3.05, 3.63) is 51.4 Å². The number of nitrogens with zero attached hydrogens (tertiary/aromatic N) is 2. The maximum Gasteiger partial charge on any atom is 0.264 e. The third kappa shape index (κ3) is 3.47. The number of aliphatic imine (C=N–C) groups is 1. The maximum atomic E-state index is 12.8. The van der Waals surface area contributed by atoms with Crippen LogP contribution in [0.4, 0.5) is 0 Å². The van der Waals surface area contributed by atoms with E-state index in [1.54, 1.807) is 23.9 Å². The molecule has 2 rings (SSSR count). The van der Waals surface area contributed by atoms with Gasteiger partial charge >= 0.3 is 0 Å². The van der Waals surface area contributed by atoms with E-state index >= 15 is 0 Å². The first-order chi connectivity index (χ1) is 10.6. The second-order valence-corrected chi connectivity index (χ2v) is 4.84. The second-order valence-electron chi connectivity index (χ2n) is 4.43. The first-order valence-corrected chi connectivity index (χ1v) is 7.93. The number of halogens is 1.